The van der Waals surface area contributed by atoms with Crippen LogP contribution >= 0.6 is 11.3 Å². The molecule has 4 heteroatoms. The predicted molar refractivity (Wildman–Crippen MR) is 82.7 cm³/mol. The van der Waals surface area contributed by atoms with Crippen molar-refractivity contribution in [3.8, 4) is 10.6 Å². The molecule has 20 heavy (non-hydrogen) atoms. The molecule has 1 unspecified atom stereocenters. The first-order valence-corrected chi connectivity index (χ1v) is 7.67. The van der Waals surface area contributed by atoms with Crippen LogP contribution in [0.2, 0.25) is 0 Å². The average molecular weight is 284 g/mol. The van der Waals surface area contributed by atoms with Gasteiger partial charge >= 0.3 is 0 Å². The largest absolute Gasteiger partial charge is 0.326 e. The summed E-state index contributed by atoms with van der Waals surface area (Å²) in [7, 11) is 0. The van der Waals surface area contributed by atoms with E-state index in [1.54, 1.807) is 17.5 Å². The van der Waals surface area contributed by atoms with E-state index in [4.69, 9.17) is 0 Å². The van der Waals surface area contributed by atoms with E-state index in [-0.39, 0.29) is 11.8 Å². The summed E-state index contributed by atoms with van der Waals surface area (Å²) in [6, 6.07) is 7.87. The van der Waals surface area contributed by atoms with E-state index in [0.29, 0.717) is 0 Å². The number of rotatable bonds is 3. The predicted octanol–water partition coefficient (Wildman–Crippen LogP) is 4.10. The van der Waals surface area contributed by atoms with E-state index >= 15 is 0 Å². The number of aromatic nitrogens is 1. The number of carbonyl (C=O) groups excluding carboxylic acids is 1. The minimum absolute atomic E-state index is 0.110. The molecular formula is C16H16N2OS. The van der Waals surface area contributed by atoms with Crippen LogP contribution in [0.15, 0.2) is 48.0 Å². The van der Waals surface area contributed by atoms with Crippen LogP contribution in [0.1, 0.15) is 19.3 Å². The van der Waals surface area contributed by atoms with Crippen LogP contribution in [0, 0.1) is 5.92 Å². The number of allylic oxidation sites excluding steroid dienone is 2. The van der Waals surface area contributed by atoms with Crippen molar-refractivity contribution in [3.05, 3.63) is 48.0 Å². The van der Waals surface area contributed by atoms with Crippen molar-refractivity contribution in [1.82, 2.24) is 4.98 Å². The molecule has 102 valence electrons. The van der Waals surface area contributed by atoms with Gasteiger partial charge in [0.1, 0.15) is 5.01 Å². The first-order chi connectivity index (χ1) is 9.83. The molecule has 0 fully saturated rings. The second kappa shape index (κ2) is 6.01. The van der Waals surface area contributed by atoms with Gasteiger partial charge in [0.25, 0.3) is 0 Å². The van der Waals surface area contributed by atoms with Crippen molar-refractivity contribution in [1.29, 1.82) is 0 Å². The third-order valence-corrected chi connectivity index (χ3v) is 4.29. The molecule has 0 saturated carbocycles. The maximum absolute atomic E-state index is 12.1. The van der Waals surface area contributed by atoms with Gasteiger partial charge in [-0.1, -0.05) is 12.2 Å². The van der Waals surface area contributed by atoms with E-state index in [0.717, 1.165) is 35.5 Å². The molecule has 0 spiro atoms. The minimum atomic E-state index is 0.110. The van der Waals surface area contributed by atoms with Crippen LogP contribution in [-0.4, -0.2) is 10.9 Å². The highest BCUT2D eigenvalue weighted by atomic mass is 32.1. The molecule has 1 aromatic heterocycles. The molecule has 0 saturated heterocycles. The van der Waals surface area contributed by atoms with E-state index in [9.17, 15) is 4.79 Å². The fraction of sp³-hybridized carbons (Fsp3) is 0.250. The minimum Gasteiger partial charge on any atom is -0.326 e. The molecule has 1 aliphatic carbocycles. The zero-order valence-corrected chi connectivity index (χ0v) is 11.9. The quantitative estimate of drug-likeness (QED) is 0.862. The van der Waals surface area contributed by atoms with Gasteiger partial charge in [-0.25, -0.2) is 4.98 Å². The molecule has 0 bridgehead atoms. The summed E-state index contributed by atoms with van der Waals surface area (Å²) >= 11 is 1.61. The highest BCUT2D eigenvalue weighted by Gasteiger charge is 2.18. The van der Waals surface area contributed by atoms with E-state index in [1.165, 1.54) is 0 Å². The summed E-state index contributed by atoms with van der Waals surface area (Å²) in [6.07, 6.45) is 8.84. The summed E-state index contributed by atoms with van der Waals surface area (Å²) in [5.74, 6) is 0.231. The Morgan fingerprint density at radius 2 is 2.10 bits per heavy atom. The number of nitrogens with zero attached hydrogens (tertiary/aromatic N) is 1. The normalized spacial score (nSPS) is 17.9. The van der Waals surface area contributed by atoms with Crippen LogP contribution < -0.4 is 5.32 Å². The molecule has 0 radical (unpaired) electrons. The van der Waals surface area contributed by atoms with Gasteiger partial charge in [0.2, 0.25) is 5.91 Å². The molecule has 1 aliphatic rings. The maximum atomic E-state index is 12.1. The van der Waals surface area contributed by atoms with Crippen LogP contribution in [0.25, 0.3) is 10.6 Å². The lowest BCUT2D eigenvalue weighted by Gasteiger charge is -2.17. The lowest BCUT2D eigenvalue weighted by atomic mass is 9.93. The SMILES string of the molecule is O=C(Nc1ccc(-c2nccs2)cc1)C1CC=CCC1. The zero-order valence-electron chi connectivity index (χ0n) is 11.1. The Hall–Kier alpha value is -1.94. The molecular weight excluding hydrogens is 268 g/mol. The first kappa shape index (κ1) is 13.1. The van der Waals surface area contributed by atoms with Crippen LogP contribution in [-0.2, 0) is 4.79 Å². The number of anilines is 1. The smallest absolute Gasteiger partial charge is 0.227 e. The Balaban J connectivity index is 1.66. The maximum Gasteiger partial charge on any atom is 0.227 e. The first-order valence-electron chi connectivity index (χ1n) is 6.79. The number of thiazole rings is 1. The Kier molecular flexibility index (Phi) is 3.92. The molecule has 0 aliphatic heterocycles. The fourth-order valence-corrected chi connectivity index (χ4v) is 2.98. The topological polar surface area (TPSA) is 42.0 Å². The lowest BCUT2D eigenvalue weighted by Crippen LogP contribution is -2.23. The van der Waals surface area contributed by atoms with E-state index in [2.05, 4.69) is 22.5 Å². The summed E-state index contributed by atoms with van der Waals surface area (Å²) in [5.41, 5.74) is 1.93. The Morgan fingerprint density at radius 1 is 1.25 bits per heavy atom. The summed E-state index contributed by atoms with van der Waals surface area (Å²) in [6.45, 7) is 0. The van der Waals surface area contributed by atoms with Crippen molar-refractivity contribution in [2.75, 3.05) is 5.32 Å². The highest BCUT2D eigenvalue weighted by molar-refractivity contribution is 7.13. The van der Waals surface area contributed by atoms with Crippen LogP contribution in [0.4, 0.5) is 5.69 Å². The molecule has 2 aromatic rings. The van der Waals surface area contributed by atoms with Crippen molar-refractivity contribution in [2.24, 2.45) is 5.92 Å². The third kappa shape index (κ3) is 2.96. The number of hydrogen-bond acceptors (Lipinski definition) is 3. The molecule has 1 N–H and O–H groups in total. The van der Waals surface area contributed by atoms with Crippen LogP contribution in [0.5, 0.6) is 0 Å². The standard InChI is InChI=1S/C16H16N2OS/c19-15(12-4-2-1-3-5-12)18-14-8-6-13(7-9-14)16-17-10-11-20-16/h1-2,6-12H,3-5H2,(H,18,19). The Bertz CT molecular complexity index is 602. The monoisotopic (exact) mass is 284 g/mol. The second-order valence-electron chi connectivity index (χ2n) is 4.89. The number of benzene rings is 1. The van der Waals surface area contributed by atoms with Gasteiger partial charge in [-0.05, 0) is 43.5 Å². The Morgan fingerprint density at radius 3 is 2.75 bits per heavy atom. The van der Waals surface area contributed by atoms with Crippen LogP contribution in [0.3, 0.4) is 0 Å². The van der Waals surface area contributed by atoms with Crippen molar-refractivity contribution >= 4 is 22.9 Å². The highest BCUT2D eigenvalue weighted by Crippen LogP contribution is 2.24. The van der Waals surface area contributed by atoms with Crippen molar-refractivity contribution < 1.29 is 4.79 Å². The van der Waals surface area contributed by atoms with Gasteiger partial charge in [-0.15, -0.1) is 11.3 Å². The lowest BCUT2D eigenvalue weighted by molar-refractivity contribution is -0.120. The number of nitrogens with one attached hydrogen (secondary N) is 1. The summed E-state index contributed by atoms with van der Waals surface area (Å²) in [5, 5.41) is 5.95. The van der Waals surface area contributed by atoms with Gasteiger partial charge in [-0.2, -0.15) is 0 Å². The molecule has 1 aromatic carbocycles. The summed E-state index contributed by atoms with van der Waals surface area (Å²) in [4.78, 5) is 16.4. The average Bonchev–Trinajstić information content (AvgIpc) is 3.03. The van der Waals surface area contributed by atoms with Gasteiger partial charge in [0.15, 0.2) is 0 Å². The van der Waals surface area contributed by atoms with Gasteiger partial charge in [0, 0.05) is 28.7 Å². The van der Waals surface area contributed by atoms with Crippen molar-refractivity contribution in [2.45, 2.75) is 19.3 Å². The van der Waals surface area contributed by atoms with E-state index in [1.807, 2.05) is 29.6 Å². The molecule has 3 nitrogen and oxygen atoms in total. The molecule has 1 amide bonds. The molecule has 1 atom stereocenters. The second-order valence-corrected chi connectivity index (χ2v) is 5.78. The summed E-state index contributed by atoms with van der Waals surface area (Å²) < 4.78 is 0. The van der Waals surface area contributed by atoms with E-state index < -0.39 is 0 Å². The van der Waals surface area contributed by atoms with Gasteiger partial charge in [-0.3, -0.25) is 4.79 Å². The fourth-order valence-electron chi connectivity index (χ4n) is 2.34. The molecule has 1 heterocycles. The van der Waals surface area contributed by atoms with Gasteiger partial charge in [0.05, 0.1) is 0 Å². The number of carbonyl (C=O) groups is 1. The zero-order chi connectivity index (χ0) is 13.8. The van der Waals surface area contributed by atoms with Crippen molar-refractivity contribution in [3.63, 3.8) is 0 Å². The number of amides is 1. The van der Waals surface area contributed by atoms with Gasteiger partial charge < -0.3 is 5.32 Å². The molecule has 3 rings (SSSR count). The number of hydrogen-bond donors (Lipinski definition) is 1. The Labute approximate surface area is 122 Å². The third-order valence-electron chi connectivity index (χ3n) is 3.47.